The first-order valence-corrected chi connectivity index (χ1v) is 11.9. The molecule has 2 nitrogen and oxygen atoms in total. The number of aromatic nitrogens is 1. The molecule has 34 heavy (non-hydrogen) atoms. The fourth-order valence-electron chi connectivity index (χ4n) is 5.86. The fraction of sp³-hybridized carbons (Fsp3) is 0. The highest BCUT2D eigenvalue weighted by Gasteiger charge is 2.41. The van der Waals surface area contributed by atoms with Gasteiger partial charge in [-0.2, -0.15) is 0 Å². The molecular weight excluding hydrogens is 437 g/mol. The van der Waals surface area contributed by atoms with E-state index in [2.05, 4.69) is 83.4 Å². The van der Waals surface area contributed by atoms with Crippen LogP contribution in [0.2, 0.25) is 5.02 Å². The summed E-state index contributed by atoms with van der Waals surface area (Å²) in [6, 6.07) is 36.3. The molecule has 0 unspecified atom stereocenters. The summed E-state index contributed by atoms with van der Waals surface area (Å²) in [5, 5.41) is 3.26. The molecule has 0 amide bonds. The maximum Gasteiger partial charge on any atom is 0.431 e. The number of para-hydroxylation sites is 3. The number of hydrogen-bond acceptors (Lipinski definition) is 1. The zero-order valence-electron chi connectivity index (χ0n) is 18.1. The van der Waals surface area contributed by atoms with Crippen LogP contribution < -0.4 is 15.6 Å². The molecule has 6 aromatic rings. The third kappa shape index (κ3) is 2.32. The summed E-state index contributed by atoms with van der Waals surface area (Å²) in [6.07, 6.45) is 0. The Labute approximate surface area is 202 Å². The molecule has 158 valence electrons. The molecule has 0 bridgehead atoms. The standard InChI is InChI=1S/C30H17BClNO/c32-20-8-5-7-18(15-20)19-16-24-22-10-2-4-14-28(22)34-31-25-12-6-11-23-21-9-1-3-13-26(21)33(30(23)25)27(17-19)29(24)31/h1-17H. The molecule has 0 saturated heterocycles. The fourth-order valence-corrected chi connectivity index (χ4v) is 6.05. The van der Waals surface area contributed by atoms with Crippen molar-refractivity contribution in [3.05, 3.63) is 108 Å². The molecule has 3 heterocycles. The van der Waals surface area contributed by atoms with Crippen molar-refractivity contribution in [2.75, 3.05) is 0 Å². The van der Waals surface area contributed by atoms with Gasteiger partial charge in [-0.25, -0.2) is 0 Å². The Kier molecular flexibility index (Phi) is 3.56. The van der Waals surface area contributed by atoms with Crippen LogP contribution in [-0.2, 0) is 0 Å². The van der Waals surface area contributed by atoms with Gasteiger partial charge in [0.05, 0.1) is 11.0 Å². The number of hydrogen-bond donors (Lipinski definition) is 0. The zero-order chi connectivity index (χ0) is 22.4. The van der Waals surface area contributed by atoms with Crippen LogP contribution in [0.25, 0.3) is 49.7 Å². The van der Waals surface area contributed by atoms with Gasteiger partial charge >= 0.3 is 6.92 Å². The first kappa shape index (κ1) is 18.5. The van der Waals surface area contributed by atoms with Gasteiger partial charge in [-0.3, -0.25) is 0 Å². The third-order valence-electron chi connectivity index (χ3n) is 7.25. The van der Waals surface area contributed by atoms with Crippen LogP contribution in [0.1, 0.15) is 0 Å². The SMILES string of the molecule is Clc1cccc(-c2cc3c4c(c2)-n2c5ccccc5c5cccc(c52)B4Oc2ccccc2-3)c1. The lowest BCUT2D eigenvalue weighted by Crippen LogP contribution is -2.54. The highest BCUT2D eigenvalue weighted by atomic mass is 35.5. The van der Waals surface area contributed by atoms with Gasteiger partial charge < -0.3 is 9.22 Å². The van der Waals surface area contributed by atoms with Gasteiger partial charge in [0.25, 0.3) is 0 Å². The van der Waals surface area contributed by atoms with Crippen LogP contribution in [0.15, 0.2) is 103 Å². The molecule has 0 aliphatic carbocycles. The average Bonchev–Trinajstić information content (AvgIpc) is 3.22. The first-order chi connectivity index (χ1) is 16.8. The van der Waals surface area contributed by atoms with Gasteiger partial charge in [0, 0.05) is 32.5 Å². The lowest BCUT2D eigenvalue weighted by molar-refractivity contribution is 0.590. The second kappa shape index (κ2) is 6.56. The summed E-state index contributed by atoms with van der Waals surface area (Å²) in [5.41, 5.74) is 10.7. The molecule has 0 atom stereocenters. The van der Waals surface area contributed by atoms with Crippen molar-refractivity contribution in [3.8, 4) is 33.7 Å². The number of halogens is 1. The molecule has 2 aliphatic heterocycles. The molecule has 2 aliphatic rings. The van der Waals surface area contributed by atoms with E-state index < -0.39 is 0 Å². The maximum absolute atomic E-state index is 6.71. The summed E-state index contributed by atoms with van der Waals surface area (Å²) in [6.45, 7) is -0.145. The van der Waals surface area contributed by atoms with Crippen molar-refractivity contribution < 1.29 is 4.65 Å². The Balaban J connectivity index is 1.58. The normalized spacial score (nSPS) is 13.0. The Morgan fingerprint density at radius 3 is 2.44 bits per heavy atom. The average molecular weight is 454 g/mol. The van der Waals surface area contributed by atoms with E-state index in [0.29, 0.717) is 0 Å². The lowest BCUT2D eigenvalue weighted by Gasteiger charge is -2.33. The minimum atomic E-state index is -0.145. The highest BCUT2D eigenvalue weighted by molar-refractivity contribution is 6.85. The highest BCUT2D eigenvalue weighted by Crippen LogP contribution is 2.41. The van der Waals surface area contributed by atoms with E-state index >= 15 is 0 Å². The van der Waals surface area contributed by atoms with Crippen molar-refractivity contribution in [2.24, 2.45) is 0 Å². The van der Waals surface area contributed by atoms with E-state index in [4.69, 9.17) is 16.3 Å². The van der Waals surface area contributed by atoms with Gasteiger partial charge in [0.1, 0.15) is 5.75 Å². The summed E-state index contributed by atoms with van der Waals surface area (Å²) >= 11 is 6.39. The van der Waals surface area contributed by atoms with Gasteiger partial charge in [0.2, 0.25) is 0 Å². The lowest BCUT2D eigenvalue weighted by atomic mass is 9.50. The monoisotopic (exact) mass is 453 g/mol. The van der Waals surface area contributed by atoms with E-state index in [1.807, 2.05) is 24.3 Å². The summed E-state index contributed by atoms with van der Waals surface area (Å²) < 4.78 is 9.14. The largest absolute Gasteiger partial charge is 0.551 e. The van der Waals surface area contributed by atoms with Gasteiger partial charge in [-0.1, -0.05) is 78.3 Å². The van der Waals surface area contributed by atoms with Crippen molar-refractivity contribution >= 4 is 51.2 Å². The smallest absolute Gasteiger partial charge is 0.431 e. The van der Waals surface area contributed by atoms with Gasteiger partial charge in [-0.05, 0) is 58.6 Å². The van der Waals surface area contributed by atoms with E-state index in [1.165, 1.54) is 44.0 Å². The Morgan fingerprint density at radius 1 is 0.676 bits per heavy atom. The van der Waals surface area contributed by atoms with E-state index in [-0.39, 0.29) is 6.92 Å². The summed E-state index contributed by atoms with van der Waals surface area (Å²) in [7, 11) is 0. The Hall–Kier alpha value is -3.95. The molecule has 0 fully saturated rings. The summed E-state index contributed by atoms with van der Waals surface area (Å²) in [4.78, 5) is 0. The second-order valence-electron chi connectivity index (χ2n) is 9.06. The molecular formula is C30H17BClNO. The number of benzene rings is 5. The predicted molar refractivity (Wildman–Crippen MR) is 142 cm³/mol. The van der Waals surface area contributed by atoms with Gasteiger partial charge in [-0.15, -0.1) is 0 Å². The third-order valence-corrected chi connectivity index (χ3v) is 7.48. The molecule has 0 saturated carbocycles. The van der Waals surface area contributed by atoms with Crippen LogP contribution in [0.4, 0.5) is 0 Å². The predicted octanol–water partition coefficient (Wildman–Crippen LogP) is 6.58. The molecule has 4 heteroatoms. The second-order valence-corrected chi connectivity index (χ2v) is 9.49. The zero-order valence-corrected chi connectivity index (χ0v) is 18.9. The Bertz CT molecular complexity index is 1820. The first-order valence-electron chi connectivity index (χ1n) is 11.5. The number of nitrogens with zero attached hydrogens (tertiary/aromatic N) is 1. The number of rotatable bonds is 1. The van der Waals surface area contributed by atoms with E-state index in [0.717, 1.165) is 27.5 Å². The van der Waals surface area contributed by atoms with E-state index in [9.17, 15) is 0 Å². The van der Waals surface area contributed by atoms with Crippen LogP contribution in [0.3, 0.4) is 0 Å². The van der Waals surface area contributed by atoms with Crippen LogP contribution in [0, 0.1) is 0 Å². The molecule has 0 N–H and O–H groups in total. The van der Waals surface area contributed by atoms with Crippen LogP contribution >= 0.6 is 11.6 Å². The quantitative estimate of drug-likeness (QED) is 0.256. The van der Waals surface area contributed by atoms with Crippen LogP contribution in [0.5, 0.6) is 5.75 Å². The molecule has 5 aromatic carbocycles. The number of fused-ring (bicyclic) bond motifs is 7. The summed E-state index contributed by atoms with van der Waals surface area (Å²) in [5.74, 6) is 0.927. The van der Waals surface area contributed by atoms with Crippen molar-refractivity contribution in [1.29, 1.82) is 0 Å². The van der Waals surface area contributed by atoms with E-state index in [1.54, 1.807) is 0 Å². The van der Waals surface area contributed by atoms with Crippen molar-refractivity contribution in [1.82, 2.24) is 4.57 Å². The minimum Gasteiger partial charge on any atom is -0.551 e. The minimum absolute atomic E-state index is 0.145. The molecule has 0 radical (unpaired) electrons. The van der Waals surface area contributed by atoms with Crippen molar-refractivity contribution in [3.63, 3.8) is 0 Å². The van der Waals surface area contributed by atoms with Crippen molar-refractivity contribution in [2.45, 2.75) is 0 Å². The Morgan fingerprint density at radius 2 is 1.50 bits per heavy atom. The molecule has 8 rings (SSSR count). The maximum atomic E-state index is 6.71. The van der Waals surface area contributed by atoms with Gasteiger partial charge in [0.15, 0.2) is 0 Å². The molecule has 0 spiro atoms. The topological polar surface area (TPSA) is 14.2 Å². The molecule has 1 aromatic heterocycles. The van der Waals surface area contributed by atoms with Crippen LogP contribution in [-0.4, -0.2) is 11.5 Å².